The number of allylic oxidation sites excluding steroid dienone is 1. The summed E-state index contributed by atoms with van der Waals surface area (Å²) < 4.78 is 56.6. The molecule has 29 heavy (non-hydrogen) atoms. The quantitative estimate of drug-likeness (QED) is 0.344. The Hall–Kier alpha value is -3.34. The van der Waals surface area contributed by atoms with Gasteiger partial charge >= 0.3 is 6.85 Å². The normalized spacial score (nSPS) is 17.5. The minimum absolute atomic E-state index is 0.216. The maximum Gasteiger partial charge on any atom is 0.406 e. The molecule has 0 atom stereocenters. The van der Waals surface area contributed by atoms with E-state index in [1.165, 1.54) is 0 Å². The van der Waals surface area contributed by atoms with Crippen molar-refractivity contribution in [3.05, 3.63) is 78.0 Å². The van der Waals surface area contributed by atoms with E-state index >= 15 is 0 Å². The van der Waals surface area contributed by atoms with Crippen LogP contribution >= 0.6 is 0 Å². The summed E-state index contributed by atoms with van der Waals surface area (Å²) in [5, 5.41) is 0.617. The Morgan fingerprint density at radius 3 is 2.79 bits per heavy atom. The van der Waals surface area contributed by atoms with Gasteiger partial charge in [0.2, 0.25) is 5.71 Å². The molecule has 4 aromatic rings. The summed E-state index contributed by atoms with van der Waals surface area (Å²) >= 11 is 0. The van der Waals surface area contributed by atoms with Crippen molar-refractivity contribution in [2.24, 2.45) is 7.05 Å². The molecule has 0 radical (unpaired) electrons. The van der Waals surface area contributed by atoms with Crippen LogP contribution in [0.15, 0.2) is 71.3 Å². The maximum atomic E-state index is 8.13. The summed E-state index contributed by atoms with van der Waals surface area (Å²) in [6.07, 6.45) is 3.21. The largest absolute Gasteiger partial charge is 0.406 e. The fourth-order valence-corrected chi connectivity index (χ4v) is 3.98. The van der Waals surface area contributed by atoms with Crippen molar-refractivity contribution in [3.63, 3.8) is 0 Å². The minimum atomic E-state index is -2.34. The van der Waals surface area contributed by atoms with Crippen LogP contribution in [0.25, 0.3) is 27.8 Å². The van der Waals surface area contributed by atoms with E-state index in [2.05, 4.69) is 4.98 Å². The van der Waals surface area contributed by atoms with E-state index in [1.54, 1.807) is 42.1 Å². The molecule has 5 heteroatoms. The fraction of sp³-hybridized carbons (Fsp3) is 0.167. The lowest BCUT2D eigenvalue weighted by Gasteiger charge is -2.25. The lowest BCUT2D eigenvalue weighted by atomic mass is 9.59. The van der Waals surface area contributed by atoms with Crippen LogP contribution in [0.3, 0.4) is 0 Å². The molecule has 0 unspecified atom stereocenters. The summed E-state index contributed by atoms with van der Waals surface area (Å²) in [5.41, 5.74) is 2.62. The van der Waals surface area contributed by atoms with Crippen molar-refractivity contribution in [3.8, 4) is 11.1 Å². The van der Waals surface area contributed by atoms with E-state index in [9.17, 15) is 0 Å². The lowest BCUT2D eigenvalue weighted by molar-refractivity contribution is -0.658. The summed E-state index contributed by atoms with van der Waals surface area (Å²) in [6.45, 7) is -3.16. The first kappa shape index (κ1) is 12.3. The Morgan fingerprint density at radius 1 is 1.14 bits per heavy atom. The van der Waals surface area contributed by atoms with E-state index in [1.807, 2.05) is 48.0 Å². The van der Waals surface area contributed by atoms with Gasteiger partial charge in [-0.3, -0.25) is 4.81 Å². The second kappa shape index (κ2) is 6.62. The van der Waals surface area contributed by atoms with Crippen molar-refractivity contribution < 1.29 is 17.2 Å². The van der Waals surface area contributed by atoms with Gasteiger partial charge in [0.05, 0.1) is 24.2 Å². The fourth-order valence-electron chi connectivity index (χ4n) is 3.98. The third-order valence-electron chi connectivity index (χ3n) is 5.33. The van der Waals surface area contributed by atoms with Gasteiger partial charge < -0.3 is 4.42 Å². The van der Waals surface area contributed by atoms with E-state index in [-0.39, 0.29) is 18.0 Å². The van der Waals surface area contributed by atoms with Crippen molar-refractivity contribution in [1.82, 2.24) is 4.98 Å². The van der Waals surface area contributed by atoms with Crippen LogP contribution < -0.4 is 9.38 Å². The minimum Gasteiger partial charge on any atom is -0.404 e. The molecule has 0 N–H and O–H groups in total. The number of furan rings is 1. The summed E-state index contributed by atoms with van der Waals surface area (Å²) in [7, 11) is 1.77. The smallest absolute Gasteiger partial charge is 0.404 e. The molecule has 0 amide bonds. The molecule has 0 aliphatic carbocycles. The Balaban J connectivity index is 1.79. The number of nitrogens with zero attached hydrogens (tertiary/aromatic N) is 3. The van der Waals surface area contributed by atoms with Gasteiger partial charge in [-0.1, -0.05) is 36.3 Å². The Kier molecular flexibility index (Phi) is 2.80. The van der Waals surface area contributed by atoms with Crippen LogP contribution in [0.2, 0.25) is 6.82 Å². The highest BCUT2D eigenvalue weighted by Gasteiger charge is 2.39. The monoisotopic (exact) mass is 386 g/mol. The Bertz CT molecular complexity index is 1460. The highest BCUT2D eigenvalue weighted by molar-refractivity contribution is 6.70. The highest BCUT2D eigenvalue weighted by atomic mass is 16.4. The van der Waals surface area contributed by atoms with Gasteiger partial charge in [0.1, 0.15) is 0 Å². The first-order valence-electron chi connectivity index (χ1n) is 12.5. The van der Waals surface area contributed by atoms with Crippen molar-refractivity contribution >= 4 is 35.2 Å². The van der Waals surface area contributed by atoms with E-state index < -0.39 is 13.7 Å². The molecule has 4 heterocycles. The second-order valence-corrected chi connectivity index (χ2v) is 7.27. The number of fused-ring (bicyclic) bond motifs is 3. The summed E-state index contributed by atoms with van der Waals surface area (Å²) in [4.78, 5) is 6.20. The van der Waals surface area contributed by atoms with Gasteiger partial charge in [0, 0.05) is 20.5 Å². The predicted octanol–water partition coefficient (Wildman–Crippen LogP) is 5.34. The van der Waals surface area contributed by atoms with Crippen LogP contribution in [-0.4, -0.2) is 11.8 Å². The van der Waals surface area contributed by atoms with E-state index in [0.717, 1.165) is 5.56 Å². The number of benzene rings is 1. The van der Waals surface area contributed by atoms with Crippen LogP contribution in [0, 0.1) is 6.85 Å². The number of pyridine rings is 2. The summed E-state index contributed by atoms with van der Waals surface area (Å²) in [5.74, 6) is 2.75. The molecular weight excluding hydrogens is 357 g/mol. The zero-order valence-corrected chi connectivity index (χ0v) is 16.2. The summed E-state index contributed by atoms with van der Waals surface area (Å²) in [6, 6.07) is 14.7. The van der Waals surface area contributed by atoms with Gasteiger partial charge in [-0.15, -0.1) is 0 Å². The Labute approximate surface area is 179 Å². The number of rotatable bonds is 2. The van der Waals surface area contributed by atoms with Gasteiger partial charge in [-0.25, -0.2) is 9.55 Å². The van der Waals surface area contributed by atoms with Crippen molar-refractivity contribution in [2.75, 3.05) is 4.81 Å². The molecule has 0 fully saturated rings. The number of aryl methyl sites for hydroxylation is 2. The molecular formula is C24H23BN3O+. The maximum absolute atomic E-state index is 8.13. The van der Waals surface area contributed by atoms with Gasteiger partial charge in [-0.2, -0.15) is 0 Å². The van der Waals surface area contributed by atoms with E-state index in [4.69, 9.17) is 12.6 Å². The average Bonchev–Trinajstić information content (AvgIpc) is 3.17. The molecule has 0 saturated carbocycles. The van der Waals surface area contributed by atoms with Crippen LogP contribution in [0.4, 0.5) is 11.7 Å². The average molecular weight is 386 g/mol. The van der Waals surface area contributed by atoms with Gasteiger partial charge in [0.25, 0.3) is 11.7 Å². The molecule has 0 spiro atoms. The van der Waals surface area contributed by atoms with Crippen molar-refractivity contribution in [2.45, 2.75) is 20.5 Å². The molecule has 0 bridgehead atoms. The van der Waals surface area contributed by atoms with E-state index in [0.29, 0.717) is 33.9 Å². The topological polar surface area (TPSA) is 33.2 Å². The molecule has 142 valence electrons. The predicted molar refractivity (Wildman–Crippen MR) is 119 cm³/mol. The number of aromatic nitrogens is 2. The van der Waals surface area contributed by atoms with Crippen molar-refractivity contribution in [1.29, 1.82) is 0 Å². The third-order valence-corrected chi connectivity index (χ3v) is 5.33. The molecule has 0 saturated heterocycles. The van der Waals surface area contributed by atoms with Crippen LogP contribution in [-0.2, 0) is 7.05 Å². The van der Waals surface area contributed by atoms with Crippen LogP contribution in [0.5, 0.6) is 0 Å². The Morgan fingerprint density at radius 2 is 2.00 bits per heavy atom. The molecule has 3 aromatic heterocycles. The number of hydrogen-bond acceptors (Lipinski definition) is 3. The molecule has 5 rings (SSSR count). The van der Waals surface area contributed by atoms with Gasteiger partial charge in [-0.05, 0) is 54.9 Å². The second-order valence-electron chi connectivity index (χ2n) is 7.27. The zero-order valence-electron chi connectivity index (χ0n) is 22.2. The number of hydrogen-bond donors (Lipinski definition) is 0. The number of anilines is 2. The third kappa shape index (κ3) is 2.77. The first-order valence-corrected chi connectivity index (χ1v) is 9.46. The van der Waals surface area contributed by atoms with Crippen LogP contribution in [0.1, 0.15) is 26.2 Å². The SMILES string of the molecule is [2H]C([2H])([2H])C1=CB(C)N(c2cc(-c3ccccc3)c(C([2H])([2H])[2H])c[n+]2C)c2oc3ncccc3c21. The molecule has 1 aliphatic rings. The molecule has 1 aliphatic heterocycles. The van der Waals surface area contributed by atoms with Gasteiger partial charge in [0.15, 0.2) is 0 Å². The molecule has 4 nitrogen and oxygen atoms in total. The standard InChI is InChI=1S/C24H23BN3O/c1-16-14-25(3)28(24-22(16)19-11-8-12-26-23(19)29-24)21-13-20(17(2)15-27(21)4)18-9-6-5-7-10-18/h5-15H,1-4H3/q+1/i1D3,2D3. The first-order chi connectivity index (χ1) is 16.5. The highest BCUT2D eigenvalue weighted by Crippen LogP contribution is 2.43. The molecule has 1 aromatic carbocycles. The lowest BCUT2D eigenvalue weighted by Crippen LogP contribution is -2.44. The zero-order chi connectivity index (χ0) is 25.1.